The van der Waals surface area contributed by atoms with E-state index in [1.54, 1.807) is 32.6 Å². The van der Waals surface area contributed by atoms with Gasteiger partial charge in [0.15, 0.2) is 0 Å². The van der Waals surface area contributed by atoms with E-state index in [1.165, 1.54) is 11.3 Å². The molecule has 1 aromatic carbocycles. The Morgan fingerprint density at radius 2 is 1.82 bits per heavy atom. The Balaban J connectivity index is 1.25. The van der Waals surface area contributed by atoms with Crippen molar-refractivity contribution in [3.05, 3.63) is 52.0 Å². The van der Waals surface area contributed by atoms with Crippen LogP contribution in [0.2, 0.25) is 5.02 Å². The molecule has 2 aliphatic heterocycles. The van der Waals surface area contributed by atoms with E-state index >= 15 is 0 Å². The third-order valence-electron chi connectivity index (χ3n) is 7.08. The zero-order valence-electron chi connectivity index (χ0n) is 22.0. The van der Waals surface area contributed by atoms with Gasteiger partial charge < -0.3 is 19.4 Å². The van der Waals surface area contributed by atoms with Crippen LogP contribution in [-0.2, 0) is 4.74 Å². The van der Waals surface area contributed by atoms with Crippen molar-refractivity contribution < 1.29 is 14.3 Å². The molecular formula is C27H32ClN5O4S. The molecule has 38 heavy (non-hydrogen) atoms. The second-order valence-corrected chi connectivity index (χ2v) is 12.4. The minimum absolute atomic E-state index is 0.0767. The van der Waals surface area contributed by atoms with Gasteiger partial charge in [0.1, 0.15) is 10.3 Å². The highest BCUT2D eigenvalue weighted by atomic mass is 35.5. The average Bonchev–Trinajstić information content (AvgIpc) is 3.62. The van der Waals surface area contributed by atoms with Crippen molar-refractivity contribution >= 4 is 45.3 Å². The van der Waals surface area contributed by atoms with E-state index in [1.807, 2.05) is 51.1 Å². The van der Waals surface area contributed by atoms with Crippen LogP contribution in [0.3, 0.4) is 0 Å². The van der Waals surface area contributed by atoms with Gasteiger partial charge in [0.05, 0.1) is 23.9 Å². The fourth-order valence-electron chi connectivity index (χ4n) is 5.01. The van der Waals surface area contributed by atoms with Crippen molar-refractivity contribution in [1.82, 2.24) is 24.3 Å². The standard InChI is InChI=1S/C27H32ClN5O4S/c1-27(2,3)37-26(36)32-12-9-19(14-32)30(4)25(35)31-11-10-20(15-31)33-16-29-21-13-22(38-23(21)24(33)34)17-5-7-18(28)8-6-17/h5-8,13,16,19-20H,9-12,14-15H2,1-4H3/t19-,20-/m1/s1. The molecule has 2 fully saturated rings. The van der Waals surface area contributed by atoms with E-state index in [-0.39, 0.29) is 29.8 Å². The Kier molecular flexibility index (Phi) is 7.13. The predicted molar refractivity (Wildman–Crippen MR) is 149 cm³/mol. The number of rotatable bonds is 3. The molecular weight excluding hydrogens is 526 g/mol. The Labute approximate surface area is 230 Å². The van der Waals surface area contributed by atoms with Gasteiger partial charge in [-0.2, -0.15) is 0 Å². The van der Waals surface area contributed by atoms with Gasteiger partial charge in [0.2, 0.25) is 0 Å². The van der Waals surface area contributed by atoms with Gasteiger partial charge in [0, 0.05) is 43.1 Å². The molecule has 2 atom stereocenters. The quantitative estimate of drug-likeness (QED) is 0.448. The maximum atomic E-state index is 13.4. The highest BCUT2D eigenvalue weighted by Gasteiger charge is 2.37. The molecule has 0 radical (unpaired) electrons. The minimum Gasteiger partial charge on any atom is -0.444 e. The summed E-state index contributed by atoms with van der Waals surface area (Å²) in [6.45, 7) is 7.52. The molecule has 202 valence electrons. The Morgan fingerprint density at radius 3 is 2.53 bits per heavy atom. The number of nitrogens with zero attached hydrogens (tertiary/aromatic N) is 5. The number of benzene rings is 1. The maximum Gasteiger partial charge on any atom is 0.410 e. The number of likely N-dealkylation sites (N-methyl/N-ethyl adjacent to an activating group) is 1. The maximum absolute atomic E-state index is 13.4. The lowest BCUT2D eigenvalue weighted by Gasteiger charge is -2.30. The van der Waals surface area contributed by atoms with E-state index in [2.05, 4.69) is 4.98 Å². The molecule has 3 aromatic rings. The zero-order valence-corrected chi connectivity index (χ0v) is 23.6. The molecule has 4 heterocycles. The molecule has 2 aromatic heterocycles. The van der Waals surface area contributed by atoms with Gasteiger partial charge in [-0.15, -0.1) is 11.3 Å². The van der Waals surface area contributed by atoms with E-state index in [0.29, 0.717) is 54.3 Å². The first-order valence-electron chi connectivity index (χ1n) is 12.8. The van der Waals surface area contributed by atoms with Crippen LogP contribution < -0.4 is 5.56 Å². The van der Waals surface area contributed by atoms with Crippen LogP contribution in [0.4, 0.5) is 9.59 Å². The van der Waals surface area contributed by atoms with Crippen LogP contribution in [-0.4, -0.2) is 81.2 Å². The number of carbonyl (C=O) groups excluding carboxylic acids is 2. The van der Waals surface area contributed by atoms with Crippen molar-refractivity contribution in [2.45, 2.75) is 51.3 Å². The third-order valence-corrected chi connectivity index (χ3v) is 8.50. The average molecular weight is 558 g/mol. The first-order chi connectivity index (χ1) is 18.0. The lowest BCUT2D eigenvalue weighted by atomic mass is 10.2. The van der Waals surface area contributed by atoms with Gasteiger partial charge in [-0.3, -0.25) is 9.36 Å². The van der Waals surface area contributed by atoms with Crippen LogP contribution >= 0.6 is 22.9 Å². The van der Waals surface area contributed by atoms with Crippen molar-refractivity contribution in [2.75, 3.05) is 33.2 Å². The van der Waals surface area contributed by atoms with E-state index in [0.717, 1.165) is 10.4 Å². The lowest BCUT2D eigenvalue weighted by molar-refractivity contribution is 0.0283. The van der Waals surface area contributed by atoms with Gasteiger partial charge >= 0.3 is 12.1 Å². The molecule has 0 spiro atoms. The second-order valence-electron chi connectivity index (χ2n) is 10.9. The van der Waals surface area contributed by atoms with Gasteiger partial charge in [-0.1, -0.05) is 23.7 Å². The normalized spacial score (nSPS) is 19.8. The van der Waals surface area contributed by atoms with Gasteiger partial charge in [0.25, 0.3) is 5.56 Å². The number of likely N-dealkylation sites (tertiary alicyclic amines) is 2. The Bertz CT molecular complexity index is 1410. The first kappa shape index (κ1) is 26.5. The van der Waals surface area contributed by atoms with Gasteiger partial charge in [-0.25, -0.2) is 14.6 Å². The number of aromatic nitrogens is 2. The van der Waals surface area contributed by atoms with E-state index in [9.17, 15) is 14.4 Å². The molecule has 2 saturated heterocycles. The highest BCUT2D eigenvalue weighted by Crippen LogP contribution is 2.32. The fraction of sp³-hybridized carbons (Fsp3) is 0.481. The first-order valence-corrected chi connectivity index (χ1v) is 14.0. The number of urea groups is 1. The summed E-state index contributed by atoms with van der Waals surface area (Å²) < 4.78 is 7.74. The Hall–Kier alpha value is -3.11. The second kappa shape index (κ2) is 10.2. The van der Waals surface area contributed by atoms with Crippen molar-refractivity contribution in [3.8, 4) is 10.4 Å². The smallest absolute Gasteiger partial charge is 0.410 e. The fourth-order valence-corrected chi connectivity index (χ4v) is 6.19. The number of fused-ring (bicyclic) bond motifs is 1. The largest absolute Gasteiger partial charge is 0.444 e. The van der Waals surface area contributed by atoms with Crippen molar-refractivity contribution in [3.63, 3.8) is 0 Å². The minimum atomic E-state index is -0.558. The molecule has 3 amide bonds. The number of halogens is 1. The Morgan fingerprint density at radius 1 is 1.11 bits per heavy atom. The zero-order chi connectivity index (χ0) is 27.2. The molecule has 0 aliphatic carbocycles. The molecule has 0 saturated carbocycles. The highest BCUT2D eigenvalue weighted by molar-refractivity contribution is 7.22. The number of hydrogen-bond donors (Lipinski definition) is 0. The van der Waals surface area contributed by atoms with E-state index < -0.39 is 5.60 Å². The summed E-state index contributed by atoms with van der Waals surface area (Å²) >= 11 is 7.43. The summed E-state index contributed by atoms with van der Waals surface area (Å²) in [5.74, 6) is 0. The molecule has 2 aliphatic rings. The number of ether oxygens (including phenoxy) is 1. The number of carbonyl (C=O) groups is 2. The number of amides is 3. The summed E-state index contributed by atoms with van der Waals surface area (Å²) in [6, 6.07) is 9.14. The third kappa shape index (κ3) is 5.37. The van der Waals surface area contributed by atoms with Crippen molar-refractivity contribution in [1.29, 1.82) is 0 Å². The predicted octanol–water partition coefficient (Wildman–Crippen LogP) is 5.09. The molecule has 0 N–H and O–H groups in total. The van der Waals surface area contributed by atoms with Crippen LogP contribution in [0.5, 0.6) is 0 Å². The van der Waals surface area contributed by atoms with Crippen LogP contribution in [0, 0.1) is 0 Å². The summed E-state index contributed by atoms with van der Waals surface area (Å²) in [4.78, 5) is 49.8. The summed E-state index contributed by atoms with van der Waals surface area (Å²) in [7, 11) is 1.78. The molecule has 5 rings (SSSR count). The SMILES string of the molecule is CN(C(=O)N1CC[C@@H](n2cnc3cc(-c4ccc(Cl)cc4)sc3c2=O)C1)[C@@H]1CCN(C(=O)OC(C)(C)C)C1. The molecule has 0 unspecified atom stereocenters. The topological polar surface area (TPSA) is 88.0 Å². The van der Waals surface area contributed by atoms with Crippen LogP contribution in [0.1, 0.15) is 39.7 Å². The summed E-state index contributed by atoms with van der Waals surface area (Å²) in [5.41, 5.74) is 1.01. The lowest BCUT2D eigenvalue weighted by Crippen LogP contribution is -2.47. The number of hydrogen-bond acceptors (Lipinski definition) is 6. The van der Waals surface area contributed by atoms with Gasteiger partial charge in [-0.05, 0) is 57.4 Å². The van der Waals surface area contributed by atoms with E-state index in [4.69, 9.17) is 16.3 Å². The summed E-state index contributed by atoms with van der Waals surface area (Å²) in [5, 5.41) is 0.662. The molecule has 11 heteroatoms. The molecule has 9 nitrogen and oxygen atoms in total. The number of thiophene rings is 1. The summed E-state index contributed by atoms with van der Waals surface area (Å²) in [6.07, 6.45) is 2.63. The van der Waals surface area contributed by atoms with Crippen LogP contribution in [0.15, 0.2) is 41.5 Å². The van der Waals surface area contributed by atoms with Crippen LogP contribution in [0.25, 0.3) is 20.7 Å². The molecule has 0 bridgehead atoms. The monoisotopic (exact) mass is 557 g/mol. The van der Waals surface area contributed by atoms with Crippen molar-refractivity contribution in [2.24, 2.45) is 0 Å².